The molecule has 0 aromatic heterocycles. The van der Waals surface area contributed by atoms with Crippen molar-refractivity contribution in [1.29, 1.82) is 0 Å². The summed E-state index contributed by atoms with van der Waals surface area (Å²) < 4.78 is 0. The van der Waals surface area contributed by atoms with Gasteiger partial charge in [0.2, 0.25) is 0 Å². The zero-order chi connectivity index (χ0) is 9.98. The predicted molar refractivity (Wildman–Crippen MR) is 45.4 cm³/mol. The maximum Gasteiger partial charge on any atom is 2.00 e. The molecule has 0 atom stereocenters. The smallest absolute Gasteiger partial charge is 0.545 e. The normalized spacial score (nSPS) is 8.77. The van der Waals surface area contributed by atoms with Crippen molar-refractivity contribution in [2.75, 3.05) is 0 Å². The first-order valence-electron chi connectivity index (χ1n) is 3.22. The van der Waals surface area contributed by atoms with Gasteiger partial charge in [0.1, 0.15) is 0 Å². The van der Waals surface area contributed by atoms with Crippen LogP contribution in [0.2, 0.25) is 0 Å². The van der Waals surface area contributed by atoms with Gasteiger partial charge in [-0.3, -0.25) is 0 Å². The van der Waals surface area contributed by atoms with Crippen LogP contribution < -0.4 is 10.2 Å². The summed E-state index contributed by atoms with van der Waals surface area (Å²) in [5.41, 5.74) is 0. The van der Waals surface area contributed by atoms with Gasteiger partial charge in [-0.1, -0.05) is 12.2 Å². The fourth-order valence-corrected chi connectivity index (χ4v) is 0.272. The van der Waals surface area contributed by atoms with Crippen LogP contribution in [0, 0.1) is 0 Å². The van der Waals surface area contributed by atoms with Crippen molar-refractivity contribution in [2.45, 2.75) is 13.8 Å². The monoisotopic (exact) mass is 258 g/mol. The van der Waals surface area contributed by atoms with E-state index < -0.39 is 11.9 Å². The summed E-state index contributed by atoms with van der Waals surface area (Å²) >= 11 is 0. The second-order valence-electron chi connectivity index (χ2n) is 1.64. The molecule has 0 heterocycles. The average molecular weight is 258 g/mol. The molecule has 0 aliphatic rings. The molecule has 0 amide bonds. The van der Waals surface area contributed by atoms with Gasteiger partial charge in [0, 0.05) is 0 Å². The molecule has 4 nitrogen and oxygen atoms in total. The molecule has 0 unspecified atom stereocenters. The summed E-state index contributed by atoms with van der Waals surface area (Å²) in [5.74, 6) is -2.28. The summed E-state index contributed by atoms with van der Waals surface area (Å²) in [6, 6.07) is 0. The molecule has 0 radical (unpaired) electrons. The van der Waals surface area contributed by atoms with Crippen molar-refractivity contribution in [1.82, 2.24) is 0 Å². The first kappa shape index (κ1) is 18.6. The number of hydrogen-bond acceptors (Lipinski definition) is 4. The minimum atomic E-state index is -1.14. The third-order valence-corrected chi connectivity index (χ3v) is 0.605. The molecule has 0 spiro atoms. The molecule has 0 saturated heterocycles. The molecule has 13 heavy (non-hydrogen) atoms. The van der Waals surface area contributed by atoms with Crippen molar-refractivity contribution < 1.29 is 19.8 Å². The van der Waals surface area contributed by atoms with Gasteiger partial charge in [-0.05, 0) is 26.0 Å². The Kier molecular flexibility index (Phi) is 20.7. The van der Waals surface area contributed by atoms with Crippen molar-refractivity contribution >= 4 is 57.4 Å². The predicted octanol–water partition coefficient (Wildman–Crippen LogP) is -1.76. The van der Waals surface area contributed by atoms with Crippen LogP contribution in [-0.2, 0) is 9.59 Å². The maximum absolute atomic E-state index is 9.40. The summed E-state index contributed by atoms with van der Waals surface area (Å²) in [6.45, 7) is 3.24. The standard InChI is InChI=1S/2C4H6O2.Sr/c2*1-2-3-4(5)6;/h2*2-3H,1H3,(H,5,6);/q;;+2/p-2/b2*3-2+;. The Morgan fingerprint density at radius 3 is 1.15 bits per heavy atom. The second kappa shape index (κ2) is 14.4. The summed E-state index contributed by atoms with van der Waals surface area (Å²) in [6.07, 6.45) is 4.77. The number of allylic oxidation sites excluding steroid dienone is 2. The van der Waals surface area contributed by atoms with E-state index in [0.29, 0.717) is 0 Å². The molecule has 0 aliphatic heterocycles. The van der Waals surface area contributed by atoms with Crippen LogP contribution in [0.1, 0.15) is 13.8 Å². The van der Waals surface area contributed by atoms with Gasteiger partial charge in [-0.25, -0.2) is 0 Å². The largest absolute Gasteiger partial charge is 2.00 e. The van der Waals surface area contributed by atoms with Gasteiger partial charge in [0.25, 0.3) is 0 Å². The van der Waals surface area contributed by atoms with Crippen molar-refractivity contribution in [3.8, 4) is 0 Å². The summed E-state index contributed by atoms with van der Waals surface area (Å²) in [7, 11) is 0. The Morgan fingerprint density at radius 1 is 0.923 bits per heavy atom. The number of aliphatic carboxylic acids is 2. The van der Waals surface area contributed by atoms with Crippen LogP contribution in [0.5, 0.6) is 0 Å². The molecule has 0 bridgehead atoms. The van der Waals surface area contributed by atoms with Crippen LogP contribution in [0.15, 0.2) is 24.3 Å². The molecule has 0 N–H and O–H groups in total. The van der Waals surface area contributed by atoms with Gasteiger partial charge in [-0.15, -0.1) is 0 Å². The molecule has 0 saturated carbocycles. The van der Waals surface area contributed by atoms with Gasteiger partial charge >= 0.3 is 45.5 Å². The number of carboxylic acids is 2. The number of hydrogen-bond donors (Lipinski definition) is 0. The van der Waals surface area contributed by atoms with E-state index in [1.807, 2.05) is 0 Å². The van der Waals surface area contributed by atoms with Crippen LogP contribution in [0.4, 0.5) is 0 Å². The van der Waals surface area contributed by atoms with E-state index in [1.165, 1.54) is 12.2 Å². The van der Waals surface area contributed by atoms with E-state index in [-0.39, 0.29) is 45.5 Å². The number of carboxylic acid groups (broad SMARTS) is 2. The molecular weight excluding hydrogens is 248 g/mol. The first-order valence-corrected chi connectivity index (χ1v) is 3.22. The molecule has 0 fully saturated rings. The zero-order valence-corrected chi connectivity index (χ0v) is 11.1. The molecule has 0 aromatic carbocycles. The number of rotatable bonds is 2. The number of carbonyl (C=O) groups excluding carboxylic acids is 2. The van der Waals surface area contributed by atoms with Gasteiger partial charge in [-0.2, -0.15) is 0 Å². The van der Waals surface area contributed by atoms with Crippen molar-refractivity contribution in [3.63, 3.8) is 0 Å². The third-order valence-electron chi connectivity index (χ3n) is 0.605. The SMILES string of the molecule is C/C=C/C(=O)[O-].C/C=C/C(=O)[O-].[Sr+2]. The van der Waals surface area contributed by atoms with E-state index in [0.717, 1.165) is 12.2 Å². The fraction of sp³-hybridized carbons (Fsp3) is 0.250. The van der Waals surface area contributed by atoms with Gasteiger partial charge < -0.3 is 19.8 Å². The van der Waals surface area contributed by atoms with Crippen molar-refractivity contribution in [2.24, 2.45) is 0 Å². The van der Waals surface area contributed by atoms with E-state index in [9.17, 15) is 19.8 Å². The Balaban J connectivity index is -0.000000143. The van der Waals surface area contributed by atoms with E-state index in [2.05, 4.69) is 0 Å². The Morgan fingerprint density at radius 2 is 1.15 bits per heavy atom. The Labute approximate surface area is 114 Å². The second-order valence-corrected chi connectivity index (χ2v) is 1.64. The third kappa shape index (κ3) is 33.5. The minimum Gasteiger partial charge on any atom is -0.545 e. The number of carbonyl (C=O) groups is 2. The van der Waals surface area contributed by atoms with Crippen LogP contribution >= 0.6 is 0 Å². The van der Waals surface area contributed by atoms with E-state index in [1.54, 1.807) is 13.8 Å². The molecule has 5 heteroatoms. The minimum absolute atomic E-state index is 0. The first-order chi connectivity index (χ1) is 5.54. The molecule has 0 aliphatic carbocycles. The summed E-state index contributed by atoms with van der Waals surface area (Å²) in [5, 5.41) is 18.8. The molecule has 0 rings (SSSR count). The molecular formula is C8H10O4Sr. The zero-order valence-electron chi connectivity index (χ0n) is 7.65. The van der Waals surface area contributed by atoms with Crippen LogP contribution in [0.3, 0.4) is 0 Å². The quantitative estimate of drug-likeness (QED) is 0.434. The fourth-order valence-electron chi connectivity index (χ4n) is 0.272. The molecule has 0 aromatic rings. The van der Waals surface area contributed by atoms with Crippen LogP contribution in [-0.4, -0.2) is 57.4 Å². The van der Waals surface area contributed by atoms with Gasteiger partial charge in [0.05, 0.1) is 11.9 Å². The maximum atomic E-state index is 9.40. The Hall–Kier alpha value is -0.0995. The van der Waals surface area contributed by atoms with E-state index in [4.69, 9.17) is 0 Å². The Bertz CT molecular complexity index is 174. The average Bonchev–Trinajstić information content (AvgIpc) is 1.87. The molecule has 68 valence electrons. The topological polar surface area (TPSA) is 80.3 Å². The van der Waals surface area contributed by atoms with Crippen LogP contribution in [0.25, 0.3) is 0 Å². The van der Waals surface area contributed by atoms with Crippen molar-refractivity contribution in [3.05, 3.63) is 24.3 Å². The summed E-state index contributed by atoms with van der Waals surface area (Å²) in [4.78, 5) is 18.8. The van der Waals surface area contributed by atoms with E-state index >= 15 is 0 Å². The van der Waals surface area contributed by atoms with Gasteiger partial charge in [0.15, 0.2) is 0 Å².